The van der Waals surface area contributed by atoms with Gasteiger partial charge in [-0.15, -0.1) is 0 Å². The summed E-state index contributed by atoms with van der Waals surface area (Å²) in [5.74, 6) is 2.04. The van der Waals surface area contributed by atoms with E-state index < -0.39 is 0 Å². The van der Waals surface area contributed by atoms with Crippen LogP contribution in [-0.2, 0) is 13.0 Å². The van der Waals surface area contributed by atoms with Crippen molar-refractivity contribution in [1.82, 2.24) is 19.9 Å². The van der Waals surface area contributed by atoms with Crippen LogP contribution in [0.5, 0.6) is 0 Å². The molecule has 0 saturated carbocycles. The van der Waals surface area contributed by atoms with E-state index in [9.17, 15) is 0 Å². The predicted molar refractivity (Wildman–Crippen MR) is 84.2 cm³/mol. The highest BCUT2D eigenvalue weighted by atomic mass is 15.1. The van der Waals surface area contributed by atoms with Crippen molar-refractivity contribution in [1.29, 1.82) is 0 Å². The van der Waals surface area contributed by atoms with E-state index in [0.29, 0.717) is 0 Å². The molecule has 0 aliphatic carbocycles. The largest absolute Gasteiger partial charge is 0.313 e. The van der Waals surface area contributed by atoms with Crippen molar-refractivity contribution < 1.29 is 0 Å². The van der Waals surface area contributed by atoms with Crippen LogP contribution in [0.25, 0.3) is 11.2 Å². The van der Waals surface area contributed by atoms with E-state index in [1.54, 1.807) is 0 Å². The van der Waals surface area contributed by atoms with Crippen molar-refractivity contribution in [3.8, 4) is 0 Å². The number of fused-ring (bicyclic) bond motifs is 3. The van der Waals surface area contributed by atoms with E-state index in [-0.39, 0.29) is 0 Å². The van der Waals surface area contributed by atoms with Gasteiger partial charge in [-0.05, 0) is 50.2 Å². The van der Waals surface area contributed by atoms with Crippen LogP contribution in [0.15, 0.2) is 18.3 Å². The lowest BCUT2D eigenvalue weighted by Crippen LogP contribution is -2.38. The van der Waals surface area contributed by atoms with Crippen molar-refractivity contribution in [3.05, 3.63) is 24.2 Å². The zero-order valence-corrected chi connectivity index (χ0v) is 12.8. The van der Waals surface area contributed by atoms with Gasteiger partial charge < -0.3 is 9.88 Å². The summed E-state index contributed by atoms with van der Waals surface area (Å²) in [5, 5.41) is 3.73. The molecule has 0 radical (unpaired) electrons. The van der Waals surface area contributed by atoms with Gasteiger partial charge in [0.15, 0.2) is 5.65 Å². The summed E-state index contributed by atoms with van der Waals surface area (Å²) < 4.78 is 2.35. The lowest BCUT2D eigenvalue weighted by molar-refractivity contribution is 0.293. The van der Waals surface area contributed by atoms with Crippen molar-refractivity contribution >= 4 is 11.2 Å². The lowest BCUT2D eigenvalue weighted by atomic mass is 9.89. The Balaban J connectivity index is 1.61. The first-order valence-electron chi connectivity index (χ1n) is 8.39. The maximum Gasteiger partial charge on any atom is 0.159 e. The molecule has 4 heteroatoms. The van der Waals surface area contributed by atoms with Gasteiger partial charge in [0.1, 0.15) is 11.3 Å². The van der Waals surface area contributed by atoms with Crippen LogP contribution in [0.3, 0.4) is 0 Å². The molecule has 2 atom stereocenters. The summed E-state index contributed by atoms with van der Waals surface area (Å²) in [6.45, 7) is 3.25. The van der Waals surface area contributed by atoms with Crippen LogP contribution in [0.1, 0.15) is 44.9 Å². The molecule has 4 rings (SSSR count). The summed E-state index contributed by atoms with van der Waals surface area (Å²) in [6.07, 6.45) is 9.50. The van der Waals surface area contributed by atoms with Gasteiger partial charge in [0.05, 0.1) is 0 Å². The molecule has 2 aliphatic heterocycles. The van der Waals surface area contributed by atoms with E-state index in [1.165, 1.54) is 31.5 Å². The second kappa shape index (κ2) is 5.41. The molecule has 2 aromatic heterocycles. The number of nitrogens with zero attached hydrogens (tertiary/aromatic N) is 3. The number of nitrogens with one attached hydrogen (secondary N) is 1. The normalized spacial score (nSPS) is 28.3. The minimum atomic E-state index is 0.760. The lowest BCUT2D eigenvalue weighted by Gasteiger charge is -2.29. The number of piperidine rings is 1. The van der Waals surface area contributed by atoms with Crippen LogP contribution < -0.4 is 5.32 Å². The standard InChI is InChI=1S/C17H24N4/c1-2-8-21-16(20-15-4-3-7-18-17(15)21)11-12-9-13-5-6-14(10-12)19-13/h3-4,7,12-14,19H,2,5-6,8-11H2,1H3. The molecule has 112 valence electrons. The van der Waals surface area contributed by atoms with Gasteiger partial charge in [-0.25, -0.2) is 9.97 Å². The smallest absolute Gasteiger partial charge is 0.159 e. The molecule has 1 N–H and O–H groups in total. The highest BCUT2D eigenvalue weighted by Gasteiger charge is 2.34. The quantitative estimate of drug-likeness (QED) is 0.938. The number of aryl methyl sites for hydroxylation is 1. The van der Waals surface area contributed by atoms with Gasteiger partial charge in [-0.3, -0.25) is 0 Å². The zero-order chi connectivity index (χ0) is 14.2. The van der Waals surface area contributed by atoms with Crippen molar-refractivity contribution in [2.24, 2.45) is 5.92 Å². The molecule has 0 aromatic carbocycles. The predicted octanol–water partition coefficient (Wildman–Crippen LogP) is 2.91. The van der Waals surface area contributed by atoms with Crippen LogP contribution in [0.2, 0.25) is 0 Å². The minimum absolute atomic E-state index is 0.760. The number of hydrogen-bond acceptors (Lipinski definition) is 3. The molecule has 2 saturated heterocycles. The molecule has 4 heterocycles. The van der Waals surface area contributed by atoms with E-state index in [4.69, 9.17) is 4.98 Å². The van der Waals surface area contributed by atoms with Gasteiger partial charge in [-0.1, -0.05) is 6.92 Å². The van der Waals surface area contributed by atoms with Gasteiger partial charge >= 0.3 is 0 Å². The zero-order valence-electron chi connectivity index (χ0n) is 12.8. The summed E-state index contributed by atoms with van der Waals surface area (Å²) >= 11 is 0. The van der Waals surface area contributed by atoms with Crippen LogP contribution in [-0.4, -0.2) is 26.6 Å². The van der Waals surface area contributed by atoms with Gasteiger partial charge in [0.2, 0.25) is 0 Å². The number of hydrogen-bond donors (Lipinski definition) is 1. The number of pyridine rings is 1. The molecule has 2 bridgehead atoms. The maximum atomic E-state index is 4.88. The van der Waals surface area contributed by atoms with Crippen LogP contribution in [0.4, 0.5) is 0 Å². The number of rotatable bonds is 4. The summed E-state index contributed by atoms with van der Waals surface area (Å²) in [6, 6.07) is 5.59. The number of imidazole rings is 1. The third-order valence-electron chi connectivity index (χ3n) is 5.07. The molecular formula is C17H24N4. The average molecular weight is 284 g/mol. The van der Waals surface area contributed by atoms with Crippen LogP contribution in [0, 0.1) is 5.92 Å². The average Bonchev–Trinajstić information content (AvgIpc) is 3.00. The Morgan fingerprint density at radius 3 is 2.86 bits per heavy atom. The van der Waals surface area contributed by atoms with E-state index in [1.807, 2.05) is 12.3 Å². The summed E-state index contributed by atoms with van der Waals surface area (Å²) in [4.78, 5) is 9.42. The molecular weight excluding hydrogens is 260 g/mol. The Morgan fingerprint density at radius 2 is 2.10 bits per heavy atom. The molecule has 2 aliphatic rings. The maximum absolute atomic E-state index is 4.88. The van der Waals surface area contributed by atoms with Crippen LogP contribution >= 0.6 is 0 Å². The van der Waals surface area contributed by atoms with Crippen molar-refractivity contribution in [2.45, 2.75) is 64.1 Å². The second-order valence-electron chi connectivity index (χ2n) is 6.71. The minimum Gasteiger partial charge on any atom is -0.313 e. The monoisotopic (exact) mass is 284 g/mol. The van der Waals surface area contributed by atoms with E-state index in [0.717, 1.165) is 48.6 Å². The van der Waals surface area contributed by atoms with E-state index >= 15 is 0 Å². The topological polar surface area (TPSA) is 42.7 Å². The Morgan fingerprint density at radius 1 is 1.29 bits per heavy atom. The third kappa shape index (κ3) is 2.46. The van der Waals surface area contributed by atoms with Gasteiger partial charge in [0, 0.05) is 31.2 Å². The second-order valence-corrected chi connectivity index (χ2v) is 6.71. The van der Waals surface area contributed by atoms with Gasteiger partial charge in [0.25, 0.3) is 0 Å². The van der Waals surface area contributed by atoms with E-state index in [2.05, 4.69) is 27.9 Å². The molecule has 2 unspecified atom stereocenters. The highest BCUT2D eigenvalue weighted by molar-refractivity contribution is 5.71. The summed E-state index contributed by atoms with van der Waals surface area (Å²) in [5.41, 5.74) is 2.11. The van der Waals surface area contributed by atoms with Gasteiger partial charge in [-0.2, -0.15) is 0 Å². The van der Waals surface area contributed by atoms with Crippen molar-refractivity contribution in [3.63, 3.8) is 0 Å². The highest BCUT2D eigenvalue weighted by Crippen LogP contribution is 2.33. The molecule has 2 aromatic rings. The molecule has 21 heavy (non-hydrogen) atoms. The molecule has 2 fully saturated rings. The third-order valence-corrected chi connectivity index (χ3v) is 5.07. The fourth-order valence-electron chi connectivity index (χ4n) is 4.22. The SMILES string of the molecule is CCCn1c(CC2CC3CCC(C2)N3)nc2cccnc21. The first-order chi connectivity index (χ1) is 10.3. The first kappa shape index (κ1) is 13.3. The van der Waals surface area contributed by atoms with Crippen molar-refractivity contribution in [2.75, 3.05) is 0 Å². The number of aromatic nitrogens is 3. The molecule has 0 amide bonds. The fourth-order valence-corrected chi connectivity index (χ4v) is 4.22. The Kier molecular flexibility index (Phi) is 3.42. The summed E-state index contributed by atoms with van der Waals surface area (Å²) in [7, 11) is 0. The first-order valence-corrected chi connectivity index (χ1v) is 8.39. The molecule has 4 nitrogen and oxygen atoms in total. The molecule has 0 spiro atoms. The Bertz CT molecular complexity index is 621. The fraction of sp³-hybridized carbons (Fsp3) is 0.647. The Labute approximate surface area is 126 Å². The Hall–Kier alpha value is -1.42.